The van der Waals surface area contributed by atoms with Crippen LogP contribution in [0.5, 0.6) is 5.75 Å². The summed E-state index contributed by atoms with van der Waals surface area (Å²) in [6.45, 7) is 1.99. The third-order valence-electron chi connectivity index (χ3n) is 4.43. The van der Waals surface area contributed by atoms with E-state index in [9.17, 15) is 4.79 Å². The lowest BCUT2D eigenvalue weighted by Crippen LogP contribution is -2.29. The molecule has 3 aromatic rings. The lowest BCUT2D eigenvalue weighted by molar-refractivity contribution is 0.0742. The molecule has 26 heavy (non-hydrogen) atoms. The molecule has 0 bridgehead atoms. The SMILES string of the molecule is COc1ccc(C(C)N(C)C(=O)c2cnc(-c3ccccc3)nc2)cc1. The number of carbonyl (C=O) groups is 1. The van der Waals surface area contributed by atoms with Crippen molar-refractivity contribution in [3.8, 4) is 17.1 Å². The molecule has 1 unspecified atom stereocenters. The molecule has 0 radical (unpaired) electrons. The Kier molecular flexibility index (Phi) is 5.27. The van der Waals surface area contributed by atoms with Crippen molar-refractivity contribution in [2.75, 3.05) is 14.2 Å². The van der Waals surface area contributed by atoms with E-state index in [2.05, 4.69) is 9.97 Å². The molecule has 1 heterocycles. The molecule has 0 saturated carbocycles. The molecule has 1 atom stereocenters. The molecule has 1 amide bonds. The van der Waals surface area contributed by atoms with Gasteiger partial charge < -0.3 is 9.64 Å². The molecule has 0 N–H and O–H groups in total. The van der Waals surface area contributed by atoms with Gasteiger partial charge in [-0.25, -0.2) is 9.97 Å². The van der Waals surface area contributed by atoms with Crippen LogP contribution in [0.15, 0.2) is 67.0 Å². The molecule has 3 rings (SSSR count). The molecule has 0 saturated heterocycles. The monoisotopic (exact) mass is 347 g/mol. The Hall–Kier alpha value is -3.21. The number of hydrogen-bond donors (Lipinski definition) is 0. The zero-order chi connectivity index (χ0) is 18.5. The predicted octanol–water partition coefficient (Wildman–Crippen LogP) is 3.99. The Bertz CT molecular complexity index is 862. The summed E-state index contributed by atoms with van der Waals surface area (Å²) in [6, 6.07) is 17.3. The standard InChI is InChI=1S/C21H21N3O2/c1-15(16-9-11-19(26-3)12-10-16)24(2)21(25)18-13-22-20(23-14-18)17-7-5-4-6-8-17/h4-15H,1-3H3. The summed E-state index contributed by atoms with van der Waals surface area (Å²) in [6.07, 6.45) is 3.16. The van der Waals surface area contributed by atoms with Crippen molar-refractivity contribution >= 4 is 5.91 Å². The number of amides is 1. The molecule has 0 fully saturated rings. The van der Waals surface area contributed by atoms with Crippen LogP contribution in [0.3, 0.4) is 0 Å². The largest absolute Gasteiger partial charge is 0.497 e. The third-order valence-corrected chi connectivity index (χ3v) is 4.43. The van der Waals surface area contributed by atoms with E-state index in [4.69, 9.17) is 4.74 Å². The smallest absolute Gasteiger partial charge is 0.257 e. The number of rotatable bonds is 5. The predicted molar refractivity (Wildman–Crippen MR) is 101 cm³/mol. The van der Waals surface area contributed by atoms with Crippen LogP contribution >= 0.6 is 0 Å². The highest BCUT2D eigenvalue weighted by Gasteiger charge is 2.19. The number of carbonyl (C=O) groups excluding carboxylic acids is 1. The fourth-order valence-electron chi connectivity index (χ4n) is 2.66. The van der Waals surface area contributed by atoms with E-state index in [0.29, 0.717) is 11.4 Å². The van der Waals surface area contributed by atoms with E-state index >= 15 is 0 Å². The first kappa shape index (κ1) is 17.6. The Labute approximate surface area is 153 Å². The van der Waals surface area contributed by atoms with Crippen molar-refractivity contribution in [1.82, 2.24) is 14.9 Å². The third kappa shape index (κ3) is 3.72. The second-order valence-corrected chi connectivity index (χ2v) is 6.03. The lowest BCUT2D eigenvalue weighted by Gasteiger charge is -2.25. The van der Waals surface area contributed by atoms with E-state index in [1.54, 1.807) is 31.5 Å². The first-order valence-corrected chi connectivity index (χ1v) is 8.38. The van der Waals surface area contributed by atoms with Crippen LogP contribution in [0.2, 0.25) is 0 Å². The highest BCUT2D eigenvalue weighted by Crippen LogP contribution is 2.23. The number of benzene rings is 2. The van der Waals surface area contributed by atoms with Crippen molar-refractivity contribution in [1.29, 1.82) is 0 Å². The van der Waals surface area contributed by atoms with Crippen molar-refractivity contribution in [2.24, 2.45) is 0 Å². The van der Waals surface area contributed by atoms with Crippen molar-refractivity contribution in [2.45, 2.75) is 13.0 Å². The zero-order valence-corrected chi connectivity index (χ0v) is 15.1. The van der Waals surface area contributed by atoms with Gasteiger partial charge in [0, 0.05) is 25.0 Å². The van der Waals surface area contributed by atoms with Crippen LogP contribution in [-0.2, 0) is 0 Å². The van der Waals surface area contributed by atoms with E-state index in [1.165, 1.54) is 0 Å². The molecule has 0 aliphatic carbocycles. The topological polar surface area (TPSA) is 55.3 Å². The Balaban J connectivity index is 1.75. The van der Waals surface area contributed by atoms with Gasteiger partial charge in [-0.15, -0.1) is 0 Å². The highest BCUT2D eigenvalue weighted by molar-refractivity contribution is 5.93. The minimum atomic E-state index is -0.118. The zero-order valence-electron chi connectivity index (χ0n) is 15.1. The number of hydrogen-bond acceptors (Lipinski definition) is 4. The van der Waals surface area contributed by atoms with Crippen LogP contribution in [0, 0.1) is 0 Å². The van der Waals surface area contributed by atoms with Crippen molar-refractivity contribution < 1.29 is 9.53 Å². The van der Waals surface area contributed by atoms with E-state index in [1.807, 2.05) is 61.5 Å². The quantitative estimate of drug-likeness (QED) is 0.700. The molecule has 0 aliphatic heterocycles. The molecule has 0 aliphatic rings. The number of methoxy groups -OCH3 is 1. The summed E-state index contributed by atoms with van der Waals surface area (Å²) in [5.41, 5.74) is 2.42. The average Bonchev–Trinajstić information content (AvgIpc) is 2.73. The fraction of sp³-hybridized carbons (Fsp3) is 0.190. The van der Waals surface area contributed by atoms with Gasteiger partial charge in [0.2, 0.25) is 0 Å². The van der Waals surface area contributed by atoms with E-state index < -0.39 is 0 Å². The van der Waals surface area contributed by atoms with Gasteiger partial charge in [0.15, 0.2) is 5.82 Å². The van der Waals surface area contributed by atoms with Gasteiger partial charge in [0.1, 0.15) is 5.75 Å². The Morgan fingerprint density at radius 1 is 1.00 bits per heavy atom. The molecule has 132 valence electrons. The van der Waals surface area contributed by atoms with Gasteiger partial charge in [-0.1, -0.05) is 42.5 Å². The molecule has 5 nitrogen and oxygen atoms in total. The molecule has 0 spiro atoms. The van der Waals surface area contributed by atoms with Crippen LogP contribution in [0.25, 0.3) is 11.4 Å². The van der Waals surface area contributed by atoms with Gasteiger partial charge in [-0.3, -0.25) is 4.79 Å². The Morgan fingerprint density at radius 2 is 1.62 bits per heavy atom. The normalized spacial score (nSPS) is 11.7. The summed E-state index contributed by atoms with van der Waals surface area (Å²) in [7, 11) is 3.41. The molecular weight excluding hydrogens is 326 g/mol. The lowest BCUT2D eigenvalue weighted by atomic mass is 10.1. The van der Waals surface area contributed by atoms with Gasteiger partial charge in [-0.2, -0.15) is 0 Å². The number of aromatic nitrogens is 2. The van der Waals surface area contributed by atoms with Crippen LogP contribution < -0.4 is 4.74 Å². The second-order valence-electron chi connectivity index (χ2n) is 6.03. The maximum atomic E-state index is 12.8. The first-order chi connectivity index (χ1) is 12.6. The fourth-order valence-corrected chi connectivity index (χ4v) is 2.66. The molecule has 5 heteroatoms. The Morgan fingerprint density at radius 3 is 2.19 bits per heavy atom. The van der Waals surface area contributed by atoms with Crippen LogP contribution in [-0.4, -0.2) is 34.9 Å². The van der Waals surface area contributed by atoms with E-state index in [0.717, 1.165) is 16.9 Å². The van der Waals surface area contributed by atoms with Crippen molar-refractivity contribution in [3.63, 3.8) is 0 Å². The summed E-state index contributed by atoms with van der Waals surface area (Å²) < 4.78 is 5.18. The first-order valence-electron chi connectivity index (χ1n) is 8.38. The van der Waals surface area contributed by atoms with Gasteiger partial charge in [-0.05, 0) is 24.6 Å². The van der Waals surface area contributed by atoms with Gasteiger partial charge in [0.25, 0.3) is 5.91 Å². The molecular formula is C21H21N3O2. The maximum absolute atomic E-state index is 12.8. The maximum Gasteiger partial charge on any atom is 0.257 e. The van der Waals surface area contributed by atoms with Gasteiger partial charge in [0.05, 0.1) is 18.7 Å². The van der Waals surface area contributed by atoms with Gasteiger partial charge >= 0.3 is 0 Å². The van der Waals surface area contributed by atoms with Crippen molar-refractivity contribution in [3.05, 3.63) is 78.1 Å². The van der Waals surface area contributed by atoms with Crippen LogP contribution in [0.4, 0.5) is 0 Å². The minimum Gasteiger partial charge on any atom is -0.497 e. The summed E-state index contributed by atoms with van der Waals surface area (Å²) >= 11 is 0. The number of nitrogens with zero attached hydrogens (tertiary/aromatic N) is 3. The highest BCUT2D eigenvalue weighted by atomic mass is 16.5. The average molecular weight is 347 g/mol. The minimum absolute atomic E-state index is 0.0813. The summed E-state index contributed by atoms with van der Waals surface area (Å²) in [5, 5.41) is 0. The summed E-state index contributed by atoms with van der Waals surface area (Å²) in [4.78, 5) is 23.1. The summed E-state index contributed by atoms with van der Waals surface area (Å²) in [5.74, 6) is 1.28. The second kappa shape index (κ2) is 7.78. The number of ether oxygens (including phenoxy) is 1. The van der Waals surface area contributed by atoms with E-state index in [-0.39, 0.29) is 11.9 Å². The molecule has 1 aromatic heterocycles. The van der Waals surface area contributed by atoms with Crippen LogP contribution in [0.1, 0.15) is 28.9 Å². The molecule has 2 aromatic carbocycles.